The second-order valence-electron chi connectivity index (χ2n) is 6.91. The number of nitrogens with zero attached hydrogens (tertiary/aromatic N) is 1. The SMILES string of the molecule is CC[C@H](C)NC(=O)[C@@H](C)N(Cc1ccccc1Cl)C(=O)Cc1cccc(Cl)c1. The molecule has 28 heavy (non-hydrogen) atoms. The number of halogens is 2. The zero-order chi connectivity index (χ0) is 20.7. The van der Waals surface area contributed by atoms with Crippen LogP contribution in [0.2, 0.25) is 10.0 Å². The summed E-state index contributed by atoms with van der Waals surface area (Å²) in [6.45, 7) is 5.94. The van der Waals surface area contributed by atoms with Gasteiger partial charge in [-0.1, -0.05) is 60.5 Å². The van der Waals surface area contributed by atoms with E-state index in [1.54, 1.807) is 30.0 Å². The first-order valence-electron chi connectivity index (χ1n) is 9.39. The summed E-state index contributed by atoms with van der Waals surface area (Å²) in [7, 11) is 0. The number of carbonyl (C=O) groups is 2. The van der Waals surface area contributed by atoms with Crippen molar-refractivity contribution in [3.63, 3.8) is 0 Å². The van der Waals surface area contributed by atoms with Gasteiger partial charge in [0.25, 0.3) is 0 Å². The van der Waals surface area contributed by atoms with Gasteiger partial charge in [-0.05, 0) is 49.6 Å². The number of hydrogen-bond acceptors (Lipinski definition) is 2. The molecule has 2 atom stereocenters. The fraction of sp³-hybridized carbons (Fsp3) is 0.364. The molecule has 2 aromatic rings. The smallest absolute Gasteiger partial charge is 0.242 e. The summed E-state index contributed by atoms with van der Waals surface area (Å²) >= 11 is 12.3. The van der Waals surface area contributed by atoms with Gasteiger partial charge in [-0.2, -0.15) is 0 Å². The topological polar surface area (TPSA) is 49.4 Å². The molecule has 0 aromatic heterocycles. The number of hydrogen-bond donors (Lipinski definition) is 1. The van der Waals surface area contributed by atoms with Gasteiger partial charge in [0, 0.05) is 22.6 Å². The summed E-state index contributed by atoms with van der Waals surface area (Å²) in [5.74, 6) is -0.338. The van der Waals surface area contributed by atoms with E-state index in [1.807, 2.05) is 44.2 Å². The lowest BCUT2D eigenvalue weighted by molar-refractivity contribution is -0.140. The van der Waals surface area contributed by atoms with Crippen LogP contribution in [0.5, 0.6) is 0 Å². The van der Waals surface area contributed by atoms with Gasteiger partial charge in [-0.15, -0.1) is 0 Å². The molecule has 0 aliphatic heterocycles. The van der Waals surface area contributed by atoms with Crippen molar-refractivity contribution >= 4 is 35.0 Å². The van der Waals surface area contributed by atoms with Gasteiger partial charge in [0.2, 0.25) is 11.8 Å². The van der Waals surface area contributed by atoms with E-state index in [-0.39, 0.29) is 30.8 Å². The highest BCUT2D eigenvalue weighted by atomic mass is 35.5. The molecular formula is C22H26Cl2N2O2. The van der Waals surface area contributed by atoms with Gasteiger partial charge in [0.1, 0.15) is 6.04 Å². The van der Waals surface area contributed by atoms with Gasteiger partial charge >= 0.3 is 0 Å². The number of nitrogens with one attached hydrogen (secondary N) is 1. The van der Waals surface area contributed by atoms with Gasteiger partial charge in [-0.3, -0.25) is 9.59 Å². The minimum Gasteiger partial charge on any atom is -0.352 e. The Bertz CT molecular complexity index is 826. The second-order valence-corrected chi connectivity index (χ2v) is 7.76. The van der Waals surface area contributed by atoms with E-state index in [1.165, 1.54) is 0 Å². The quantitative estimate of drug-likeness (QED) is 0.661. The van der Waals surface area contributed by atoms with Gasteiger partial charge in [0.05, 0.1) is 6.42 Å². The van der Waals surface area contributed by atoms with E-state index in [9.17, 15) is 9.59 Å². The van der Waals surface area contributed by atoms with Gasteiger partial charge in [-0.25, -0.2) is 0 Å². The predicted octanol–water partition coefficient (Wildman–Crippen LogP) is 4.87. The third kappa shape index (κ3) is 6.25. The third-order valence-corrected chi connectivity index (χ3v) is 5.32. The Kier molecular flexibility index (Phi) is 8.34. The number of rotatable bonds is 8. The largest absolute Gasteiger partial charge is 0.352 e. The molecule has 6 heteroatoms. The van der Waals surface area contributed by atoms with Crippen molar-refractivity contribution in [1.82, 2.24) is 10.2 Å². The lowest BCUT2D eigenvalue weighted by atomic mass is 10.1. The van der Waals surface area contributed by atoms with E-state index < -0.39 is 6.04 Å². The molecule has 150 valence electrons. The van der Waals surface area contributed by atoms with Crippen LogP contribution in [0.1, 0.15) is 38.3 Å². The average Bonchev–Trinajstić information content (AvgIpc) is 2.66. The van der Waals surface area contributed by atoms with Crippen LogP contribution < -0.4 is 5.32 Å². The van der Waals surface area contributed by atoms with Crippen molar-refractivity contribution in [2.24, 2.45) is 0 Å². The zero-order valence-electron chi connectivity index (χ0n) is 16.4. The Labute approximate surface area is 176 Å². The van der Waals surface area contributed by atoms with E-state index >= 15 is 0 Å². The normalized spacial score (nSPS) is 12.9. The second kappa shape index (κ2) is 10.5. The van der Waals surface area contributed by atoms with Crippen LogP contribution in [-0.4, -0.2) is 28.8 Å². The molecule has 0 aliphatic carbocycles. The monoisotopic (exact) mass is 420 g/mol. The highest BCUT2D eigenvalue weighted by Crippen LogP contribution is 2.20. The molecule has 0 radical (unpaired) electrons. The van der Waals surface area contributed by atoms with Crippen LogP contribution in [-0.2, 0) is 22.6 Å². The summed E-state index contributed by atoms with van der Waals surface area (Å²) in [5.41, 5.74) is 1.60. The Morgan fingerprint density at radius 1 is 1.07 bits per heavy atom. The molecule has 0 saturated carbocycles. The van der Waals surface area contributed by atoms with Crippen LogP contribution in [0.4, 0.5) is 0 Å². The van der Waals surface area contributed by atoms with Crippen LogP contribution in [0.15, 0.2) is 48.5 Å². The molecule has 0 aliphatic rings. The Hall–Kier alpha value is -2.04. The molecule has 2 aromatic carbocycles. The molecule has 0 saturated heterocycles. The molecule has 0 fully saturated rings. The van der Waals surface area contributed by atoms with E-state index in [4.69, 9.17) is 23.2 Å². The molecule has 2 rings (SSSR count). The van der Waals surface area contributed by atoms with Crippen LogP contribution >= 0.6 is 23.2 Å². The fourth-order valence-corrected chi connectivity index (χ4v) is 3.19. The molecule has 1 N–H and O–H groups in total. The lowest BCUT2D eigenvalue weighted by Gasteiger charge is -2.30. The first kappa shape index (κ1) is 22.3. The number of benzene rings is 2. The average molecular weight is 421 g/mol. The molecule has 0 heterocycles. The molecule has 0 unspecified atom stereocenters. The third-order valence-electron chi connectivity index (χ3n) is 4.71. The zero-order valence-corrected chi connectivity index (χ0v) is 17.9. The van der Waals surface area contributed by atoms with E-state index in [0.29, 0.717) is 10.0 Å². The fourth-order valence-electron chi connectivity index (χ4n) is 2.78. The molecule has 0 bridgehead atoms. The van der Waals surface area contributed by atoms with Crippen molar-refractivity contribution in [3.8, 4) is 0 Å². The molecule has 4 nitrogen and oxygen atoms in total. The minimum absolute atomic E-state index is 0.0418. The van der Waals surface area contributed by atoms with Crippen LogP contribution in [0.3, 0.4) is 0 Å². The summed E-state index contributed by atoms with van der Waals surface area (Å²) in [5, 5.41) is 4.09. The maximum atomic E-state index is 13.1. The molecular weight excluding hydrogens is 395 g/mol. The first-order chi connectivity index (χ1) is 13.3. The summed E-state index contributed by atoms with van der Waals surface area (Å²) < 4.78 is 0. The summed E-state index contributed by atoms with van der Waals surface area (Å²) in [4.78, 5) is 27.4. The van der Waals surface area contributed by atoms with Crippen LogP contribution in [0, 0.1) is 0 Å². The molecule has 2 amide bonds. The lowest BCUT2D eigenvalue weighted by Crippen LogP contribution is -2.49. The maximum Gasteiger partial charge on any atom is 0.242 e. The Morgan fingerprint density at radius 3 is 2.43 bits per heavy atom. The van der Waals surface area contributed by atoms with E-state index in [2.05, 4.69) is 5.32 Å². The Morgan fingerprint density at radius 2 is 1.79 bits per heavy atom. The van der Waals surface area contributed by atoms with E-state index in [0.717, 1.165) is 17.5 Å². The number of amides is 2. The first-order valence-corrected chi connectivity index (χ1v) is 10.1. The van der Waals surface area contributed by atoms with Crippen molar-refractivity contribution in [3.05, 3.63) is 69.7 Å². The summed E-state index contributed by atoms with van der Waals surface area (Å²) in [6, 6.07) is 13.9. The highest BCUT2D eigenvalue weighted by molar-refractivity contribution is 6.31. The van der Waals surface area contributed by atoms with Gasteiger partial charge < -0.3 is 10.2 Å². The van der Waals surface area contributed by atoms with Crippen molar-refractivity contribution in [2.45, 2.75) is 52.2 Å². The molecule has 0 spiro atoms. The van der Waals surface area contributed by atoms with Crippen molar-refractivity contribution in [2.75, 3.05) is 0 Å². The maximum absolute atomic E-state index is 13.1. The highest BCUT2D eigenvalue weighted by Gasteiger charge is 2.27. The number of carbonyl (C=O) groups excluding carboxylic acids is 2. The Balaban J connectivity index is 2.25. The van der Waals surface area contributed by atoms with Crippen molar-refractivity contribution < 1.29 is 9.59 Å². The van der Waals surface area contributed by atoms with Crippen molar-refractivity contribution in [1.29, 1.82) is 0 Å². The van der Waals surface area contributed by atoms with Gasteiger partial charge in [0.15, 0.2) is 0 Å². The van der Waals surface area contributed by atoms with Crippen LogP contribution in [0.25, 0.3) is 0 Å². The summed E-state index contributed by atoms with van der Waals surface area (Å²) in [6.07, 6.45) is 0.978. The predicted molar refractivity (Wildman–Crippen MR) is 115 cm³/mol. The standard InChI is InChI=1S/C22H26Cl2N2O2/c1-4-15(2)25-22(28)16(3)26(14-18-9-5-6-11-20(18)24)21(27)13-17-8-7-10-19(23)12-17/h5-12,15-16H,4,13-14H2,1-3H3,(H,25,28)/t15-,16+/m0/s1. The minimum atomic E-state index is -0.628.